The van der Waals surface area contributed by atoms with E-state index in [0.717, 1.165) is 21.3 Å². The fourth-order valence-corrected chi connectivity index (χ4v) is 4.90. The molecule has 0 spiro atoms. The zero-order chi connectivity index (χ0) is 24.4. The van der Waals surface area contributed by atoms with Crippen molar-refractivity contribution >= 4 is 61.5 Å². The minimum Gasteiger partial charge on any atom is -0.325 e. The summed E-state index contributed by atoms with van der Waals surface area (Å²) >= 11 is 7.78. The van der Waals surface area contributed by atoms with Gasteiger partial charge in [-0.1, -0.05) is 29.3 Å². The Morgan fingerprint density at radius 2 is 1.64 bits per heavy atom. The van der Waals surface area contributed by atoms with Crippen LogP contribution in [0.4, 0.5) is 24.5 Å². The van der Waals surface area contributed by atoms with Gasteiger partial charge in [0.1, 0.15) is 6.54 Å². The number of hydrogen-bond donors (Lipinski definition) is 1. The van der Waals surface area contributed by atoms with Crippen LogP contribution < -0.4 is 9.62 Å². The Bertz CT molecular complexity index is 1270. The van der Waals surface area contributed by atoms with Gasteiger partial charge in [0.2, 0.25) is 5.91 Å². The van der Waals surface area contributed by atoms with Crippen LogP contribution in [0.3, 0.4) is 0 Å². The van der Waals surface area contributed by atoms with E-state index in [1.807, 2.05) is 0 Å². The monoisotopic (exact) mass is 608 g/mol. The van der Waals surface area contributed by atoms with Gasteiger partial charge in [0.25, 0.3) is 10.0 Å². The molecule has 33 heavy (non-hydrogen) atoms. The molecule has 0 aliphatic heterocycles. The van der Waals surface area contributed by atoms with Gasteiger partial charge >= 0.3 is 6.18 Å². The highest BCUT2D eigenvalue weighted by atomic mass is 127. The molecule has 0 radical (unpaired) electrons. The lowest BCUT2D eigenvalue weighted by Crippen LogP contribution is -2.38. The van der Waals surface area contributed by atoms with Crippen LogP contribution in [0.15, 0.2) is 71.6 Å². The number of alkyl halides is 3. The van der Waals surface area contributed by atoms with Crippen LogP contribution in [0, 0.1) is 10.5 Å². The maximum absolute atomic E-state index is 13.4. The summed E-state index contributed by atoms with van der Waals surface area (Å²) in [5.41, 5.74) is -0.336. The second-order valence-corrected chi connectivity index (χ2v) is 10.6. The van der Waals surface area contributed by atoms with Crippen LogP contribution >= 0.6 is 34.2 Å². The van der Waals surface area contributed by atoms with E-state index in [2.05, 4.69) is 27.9 Å². The predicted octanol–water partition coefficient (Wildman–Crippen LogP) is 6.11. The van der Waals surface area contributed by atoms with Crippen LogP contribution in [-0.4, -0.2) is 20.9 Å². The Balaban J connectivity index is 2.04. The minimum absolute atomic E-state index is 0.168. The minimum atomic E-state index is -4.81. The van der Waals surface area contributed by atoms with E-state index in [1.54, 1.807) is 43.3 Å². The molecule has 1 amide bonds. The SMILES string of the molecule is Cc1ccc(S(=O)(=O)N(CC(=O)Nc2ccc(I)cc2)c2ccc(Cl)c(C(F)(F)F)c2)cc1. The Labute approximate surface area is 207 Å². The Kier molecular flexibility index (Phi) is 7.59. The number of nitrogens with one attached hydrogen (secondary N) is 1. The largest absolute Gasteiger partial charge is 0.417 e. The maximum atomic E-state index is 13.4. The molecule has 0 bridgehead atoms. The maximum Gasteiger partial charge on any atom is 0.417 e. The van der Waals surface area contributed by atoms with Gasteiger partial charge in [0.05, 0.1) is 21.2 Å². The van der Waals surface area contributed by atoms with E-state index < -0.39 is 39.2 Å². The Morgan fingerprint density at radius 1 is 1.03 bits per heavy atom. The van der Waals surface area contributed by atoms with Crippen molar-refractivity contribution in [2.45, 2.75) is 18.0 Å². The molecule has 0 atom stereocenters. The molecule has 3 aromatic rings. The molecule has 0 unspecified atom stereocenters. The van der Waals surface area contributed by atoms with Gasteiger partial charge in [0, 0.05) is 9.26 Å². The Hall–Kier alpha value is -2.31. The standard InChI is InChI=1S/C22H17ClF3IN2O3S/c1-14-2-9-18(10-3-14)33(31,32)29(13-21(30)28-16-6-4-15(27)5-7-16)17-8-11-20(23)19(12-17)22(24,25)26/h2-12H,13H2,1H3,(H,28,30). The quantitative estimate of drug-likeness (QED) is 0.344. The second kappa shape index (κ2) is 9.90. The zero-order valence-corrected chi connectivity index (χ0v) is 20.8. The van der Waals surface area contributed by atoms with Gasteiger partial charge in [-0.25, -0.2) is 8.42 Å². The van der Waals surface area contributed by atoms with Crippen molar-refractivity contribution in [2.75, 3.05) is 16.2 Å². The van der Waals surface area contributed by atoms with Gasteiger partial charge in [-0.05, 0) is 84.1 Å². The third-order valence-corrected chi connectivity index (χ3v) is 7.40. The molecule has 3 aromatic carbocycles. The lowest BCUT2D eigenvalue weighted by Gasteiger charge is -2.25. The first kappa shape index (κ1) is 25.3. The highest BCUT2D eigenvalue weighted by Crippen LogP contribution is 2.38. The lowest BCUT2D eigenvalue weighted by molar-refractivity contribution is -0.137. The number of carbonyl (C=O) groups is 1. The van der Waals surface area contributed by atoms with E-state index in [1.165, 1.54) is 12.1 Å². The summed E-state index contributed by atoms with van der Waals surface area (Å²) < 4.78 is 68.5. The number of rotatable bonds is 6. The summed E-state index contributed by atoms with van der Waals surface area (Å²) in [6, 6.07) is 15.2. The van der Waals surface area contributed by atoms with E-state index in [0.29, 0.717) is 16.1 Å². The number of aryl methyl sites for hydroxylation is 1. The lowest BCUT2D eigenvalue weighted by atomic mass is 10.2. The van der Waals surface area contributed by atoms with Crippen molar-refractivity contribution in [1.29, 1.82) is 0 Å². The first-order chi connectivity index (χ1) is 15.4. The highest BCUT2D eigenvalue weighted by molar-refractivity contribution is 14.1. The van der Waals surface area contributed by atoms with Gasteiger partial charge in [-0.2, -0.15) is 13.2 Å². The summed E-state index contributed by atoms with van der Waals surface area (Å²) in [4.78, 5) is 12.5. The number of anilines is 2. The third kappa shape index (κ3) is 6.18. The van der Waals surface area contributed by atoms with Crippen molar-refractivity contribution in [2.24, 2.45) is 0 Å². The molecule has 0 aliphatic rings. The van der Waals surface area contributed by atoms with E-state index in [4.69, 9.17) is 11.6 Å². The molecule has 0 aromatic heterocycles. The van der Waals surface area contributed by atoms with Crippen molar-refractivity contribution in [1.82, 2.24) is 0 Å². The van der Waals surface area contributed by atoms with Crippen LogP contribution in [0.2, 0.25) is 5.02 Å². The molecule has 3 rings (SSSR count). The molecule has 0 fully saturated rings. The number of sulfonamides is 1. The van der Waals surface area contributed by atoms with Crippen LogP contribution in [0.1, 0.15) is 11.1 Å². The topological polar surface area (TPSA) is 66.5 Å². The van der Waals surface area contributed by atoms with Crippen molar-refractivity contribution in [3.8, 4) is 0 Å². The molecular weight excluding hydrogens is 592 g/mol. The Morgan fingerprint density at radius 3 is 2.21 bits per heavy atom. The van der Waals surface area contributed by atoms with Crippen LogP contribution in [-0.2, 0) is 21.0 Å². The van der Waals surface area contributed by atoms with Gasteiger partial charge in [0.15, 0.2) is 0 Å². The summed E-state index contributed by atoms with van der Waals surface area (Å²) in [6.07, 6.45) is -4.81. The molecule has 0 heterocycles. The summed E-state index contributed by atoms with van der Waals surface area (Å²) in [6.45, 7) is 1.01. The molecule has 174 valence electrons. The first-order valence-electron chi connectivity index (χ1n) is 9.39. The first-order valence-corrected chi connectivity index (χ1v) is 12.3. The molecule has 0 saturated heterocycles. The molecule has 0 saturated carbocycles. The van der Waals surface area contributed by atoms with Crippen LogP contribution in [0.25, 0.3) is 0 Å². The molecule has 5 nitrogen and oxygen atoms in total. The number of hydrogen-bond acceptors (Lipinski definition) is 3. The van der Waals surface area contributed by atoms with Crippen molar-refractivity contribution in [3.63, 3.8) is 0 Å². The van der Waals surface area contributed by atoms with Gasteiger partial charge in [-0.15, -0.1) is 0 Å². The van der Waals surface area contributed by atoms with E-state index in [-0.39, 0.29) is 10.6 Å². The van der Waals surface area contributed by atoms with Crippen molar-refractivity contribution in [3.05, 3.63) is 86.4 Å². The molecular formula is C22H17ClF3IN2O3S. The van der Waals surface area contributed by atoms with Crippen LogP contribution in [0.5, 0.6) is 0 Å². The second-order valence-electron chi connectivity index (χ2n) is 7.04. The smallest absolute Gasteiger partial charge is 0.325 e. The fourth-order valence-electron chi connectivity index (χ4n) is 2.90. The van der Waals surface area contributed by atoms with E-state index >= 15 is 0 Å². The third-order valence-electron chi connectivity index (χ3n) is 4.57. The molecule has 11 heteroatoms. The fraction of sp³-hybridized carbons (Fsp3) is 0.136. The number of nitrogens with zero attached hydrogens (tertiary/aromatic N) is 1. The average Bonchev–Trinajstić information content (AvgIpc) is 2.73. The number of benzene rings is 3. The summed E-state index contributed by atoms with van der Waals surface area (Å²) in [5.74, 6) is -0.726. The highest BCUT2D eigenvalue weighted by Gasteiger charge is 2.35. The number of halogens is 5. The predicted molar refractivity (Wildman–Crippen MR) is 130 cm³/mol. The number of carbonyl (C=O) groups excluding carboxylic acids is 1. The molecule has 1 N–H and O–H groups in total. The summed E-state index contributed by atoms with van der Waals surface area (Å²) in [7, 11) is -4.38. The van der Waals surface area contributed by atoms with Gasteiger partial charge < -0.3 is 5.32 Å². The molecule has 0 aliphatic carbocycles. The normalized spacial score (nSPS) is 11.8. The number of amides is 1. The van der Waals surface area contributed by atoms with Crippen molar-refractivity contribution < 1.29 is 26.4 Å². The zero-order valence-electron chi connectivity index (χ0n) is 17.0. The summed E-state index contributed by atoms with van der Waals surface area (Å²) in [5, 5.41) is 1.98. The van der Waals surface area contributed by atoms with E-state index in [9.17, 15) is 26.4 Å². The van der Waals surface area contributed by atoms with Gasteiger partial charge in [-0.3, -0.25) is 9.10 Å². The average molecular weight is 609 g/mol.